The molecule has 0 aliphatic carbocycles. The van der Waals surface area contributed by atoms with Gasteiger partial charge in [-0.15, -0.1) is 0 Å². The van der Waals surface area contributed by atoms with Crippen LogP contribution in [-0.2, 0) is 14.6 Å². The van der Waals surface area contributed by atoms with E-state index >= 15 is 0 Å². The number of unbranched alkanes of at least 4 members (excludes halogenated alkanes) is 1. The van der Waals surface area contributed by atoms with Crippen molar-refractivity contribution in [3.63, 3.8) is 0 Å². The molecule has 0 heterocycles. The molecule has 0 bridgehead atoms. The lowest BCUT2D eigenvalue weighted by atomic mass is 10.2. The zero-order valence-corrected chi connectivity index (χ0v) is 9.36. The molecule has 1 atom stereocenters. The van der Waals surface area contributed by atoms with Crippen molar-refractivity contribution < 1.29 is 13.2 Å². The van der Waals surface area contributed by atoms with Crippen LogP contribution in [0.3, 0.4) is 0 Å². The van der Waals surface area contributed by atoms with E-state index in [1.54, 1.807) is 6.92 Å². The van der Waals surface area contributed by atoms with Crippen molar-refractivity contribution in [2.24, 2.45) is 0 Å². The first-order valence-corrected chi connectivity index (χ1v) is 6.41. The molecule has 0 amide bonds. The van der Waals surface area contributed by atoms with Crippen LogP contribution in [0.1, 0.15) is 40.0 Å². The van der Waals surface area contributed by atoms with Gasteiger partial charge >= 0.3 is 0 Å². The molecule has 0 N–H and O–H groups in total. The fraction of sp³-hybridized carbons (Fsp3) is 0.889. The Morgan fingerprint density at radius 3 is 2.23 bits per heavy atom. The molecule has 4 heteroatoms. The minimum Gasteiger partial charge on any atom is -0.298 e. The molecule has 1 unspecified atom stereocenters. The summed E-state index contributed by atoms with van der Waals surface area (Å²) >= 11 is 0. The van der Waals surface area contributed by atoms with Crippen LogP contribution in [0, 0.1) is 0 Å². The summed E-state index contributed by atoms with van der Waals surface area (Å²) in [5.74, 6) is -0.0488. The highest BCUT2D eigenvalue weighted by Crippen LogP contribution is 2.07. The fourth-order valence-electron chi connectivity index (χ4n) is 1.01. The van der Waals surface area contributed by atoms with Gasteiger partial charge in [-0.05, 0) is 13.3 Å². The van der Waals surface area contributed by atoms with Crippen LogP contribution in [0.4, 0.5) is 0 Å². The van der Waals surface area contributed by atoms with Gasteiger partial charge in [-0.3, -0.25) is 4.79 Å². The molecule has 13 heavy (non-hydrogen) atoms. The zero-order valence-electron chi connectivity index (χ0n) is 8.54. The second-order valence-electron chi connectivity index (χ2n) is 3.18. The first kappa shape index (κ1) is 12.6. The van der Waals surface area contributed by atoms with Crippen molar-refractivity contribution in [3.8, 4) is 0 Å². The van der Waals surface area contributed by atoms with Crippen LogP contribution in [0.15, 0.2) is 0 Å². The Hall–Kier alpha value is -0.380. The molecule has 78 valence electrons. The lowest BCUT2D eigenvalue weighted by Crippen LogP contribution is -2.28. The maximum absolute atomic E-state index is 11.5. The third kappa shape index (κ3) is 3.89. The van der Waals surface area contributed by atoms with Gasteiger partial charge in [0.2, 0.25) is 0 Å². The van der Waals surface area contributed by atoms with Crippen LogP contribution >= 0.6 is 0 Å². The number of hydrogen-bond donors (Lipinski definition) is 0. The summed E-state index contributed by atoms with van der Waals surface area (Å²) in [5, 5.41) is -0.816. The summed E-state index contributed by atoms with van der Waals surface area (Å²) in [6.45, 7) is 5.10. The first-order valence-electron chi connectivity index (χ1n) is 4.70. The Bertz CT molecular complexity index is 254. The summed E-state index contributed by atoms with van der Waals surface area (Å²) in [6.07, 6.45) is 1.78. The monoisotopic (exact) mass is 206 g/mol. The molecular formula is C9H18O3S. The van der Waals surface area contributed by atoms with Crippen molar-refractivity contribution in [1.29, 1.82) is 0 Å². The third-order valence-electron chi connectivity index (χ3n) is 2.12. The summed E-state index contributed by atoms with van der Waals surface area (Å²) in [6, 6.07) is 0. The average Bonchev–Trinajstić information content (AvgIpc) is 2.12. The molecular weight excluding hydrogens is 188 g/mol. The van der Waals surface area contributed by atoms with Crippen LogP contribution in [0.25, 0.3) is 0 Å². The Morgan fingerprint density at radius 1 is 1.31 bits per heavy atom. The van der Waals surface area contributed by atoms with Gasteiger partial charge in [0.25, 0.3) is 0 Å². The van der Waals surface area contributed by atoms with Crippen LogP contribution in [0.5, 0.6) is 0 Å². The Balaban J connectivity index is 4.37. The van der Waals surface area contributed by atoms with E-state index in [0.29, 0.717) is 12.8 Å². The smallest absolute Gasteiger partial charge is 0.159 e. The predicted octanol–water partition coefficient (Wildman–Crippen LogP) is 1.57. The van der Waals surface area contributed by atoms with E-state index in [4.69, 9.17) is 0 Å². The van der Waals surface area contributed by atoms with Gasteiger partial charge in [-0.1, -0.05) is 20.3 Å². The van der Waals surface area contributed by atoms with Gasteiger partial charge in [0.1, 0.15) is 11.0 Å². The largest absolute Gasteiger partial charge is 0.298 e. The number of carbonyl (C=O) groups excluding carboxylic acids is 1. The molecule has 0 aromatic carbocycles. The van der Waals surface area contributed by atoms with Gasteiger partial charge < -0.3 is 0 Å². The van der Waals surface area contributed by atoms with Gasteiger partial charge in [0.05, 0.1) is 5.75 Å². The fourth-order valence-corrected chi connectivity index (χ4v) is 2.62. The molecule has 0 aliphatic rings. The van der Waals surface area contributed by atoms with Crippen molar-refractivity contribution in [1.82, 2.24) is 0 Å². The summed E-state index contributed by atoms with van der Waals surface area (Å²) in [4.78, 5) is 11.1. The number of Topliss-reactive ketones (excluding diaryl/α,β-unsaturated/α-hetero) is 1. The number of rotatable bonds is 6. The average molecular weight is 206 g/mol. The van der Waals surface area contributed by atoms with Gasteiger partial charge in [-0.25, -0.2) is 8.42 Å². The van der Waals surface area contributed by atoms with Crippen molar-refractivity contribution in [3.05, 3.63) is 0 Å². The van der Waals surface area contributed by atoms with Gasteiger partial charge in [0.15, 0.2) is 9.84 Å². The molecule has 0 saturated carbocycles. The zero-order chi connectivity index (χ0) is 10.5. The summed E-state index contributed by atoms with van der Waals surface area (Å²) in [7, 11) is -3.18. The van der Waals surface area contributed by atoms with E-state index in [-0.39, 0.29) is 11.5 Å². The van der Waals surface area contributed by atoms with Crippen LogP contribution in [0.2, 0.25) is 0 Å². The van der Waals surface area contributed by atoms with Gasteiger partial charge in [0, 0.05) is 6.42 Å². The third-order valence-corrected chi connectivity index (χ3v) is 4.32. The van der Waals surface area contributed by atoms with E-state index in [9.17, 15) is 13.2 Å². The molecule has 3 nitrogen and oxygen atoms in total. The van der Waals surface area contributed by atoms with E-state index in [1.165, 1.54) is 6.92 Å². The number of ketones is 1. The quantitative estimate of drug-likeness (QED) is 0.663. The van der Waals surface area contributed by atoms with E-state index in [2.05, 4.69) is 0 Å². The van der Waals surface area contributed by atoms with Crippen molar-refractivity contribution >= 4 is 15.6 Å². The second-order valence-corrected chi connectivity index (χ2v) is 5.62. The first-order chi connectivity index (χ1) is 5.95. The lowest BCUT2D eigenvalue weighted by Gasteiger charge is -2.09. The van der Waals surface area contributed by atoms with Crippen LogP contribution < -0.4 is 0 Å². The maximum Gasteiger partial charge on any atom is 0.159 e. The summed E-state index contributed by atoms with van der Waals surface area (Å²) < 4.78 is 22.9. The molecule has 0 saturated heterocycles. The summed E-state index contributed by atoms with van der Waals surface area (Å²) in [5.41, 5.74) is 0. The maximum atomic E-state index is 11.5. The minimum absolute atomic E-state index is 0.135. The molecule has 0 spiro atoms. The molecule has 0 aromatic heterocycles. The highest BCUT2D eigenvalue weighted by Gasteiger charge is 2.25. The normalized spacial score (nSPS) is 14.1. The topological polar surface area (TPSA) is 51.2 Å². The van der Waals surface area contributed by atoms with Gasteiger partial charge in [-0.2, -0.15) is 0 Å². The molecule has 0 fully saturated rings. The Morgan fingerprint density at radius 2 is 1.85 bits per heavy atom. The van der Waals surface area contributed by atoms with E-state index < -0.39 is 15.1 Å². The number of sulfone groups is 1. The predicted molar refractivity (Wildman–Crippen MR) is 53.5 cm³/mol. The molecule has 0 aromatic rings. The standard InChI is InChI=1S/C9H18O3S/c1-4-6-7-13(11,12)8(3)9(10)5-2/h8H,4-7H2,1-3H3. The highest BCUT2D eigenvalue weighted by atomic mass is 32.2. The SMILES string of the molecule is CCCCS(=O)(=O)C(C)C(=O)CC. The lowest BCUT2D eigenvalue weighted by molar-refractivity contribution is -0.118. The molecule has 0 rings (SSSR count). The van der Waals surface area contributed by atoms with Crippen LogP contribution in [-0.4, -0.2) is 25.2 Å². The number of hydrogen-bond acceptors (Lipinski definition) is 3. The number of carbonyl (C=O) groups is 1. The second kappa shape index (κ2) is 5.37. The molecule has 0 radical (unpaired) electrons. The minimum atomic E-state index is -3.18. The van der Waals surface area contributed by atoms with E-state index in [0.717, 1.165) is 6.42 Å². The van der Waals surface area contributed by atoms with Crippen molar-refractivity contribution in [2.45, 2.75) is 45.3 Å². The van der Waals surface area contributed by atoms with Crippen molar-refractivity contribution in [2.75, 3.05) is 5.75 Å². The Kier molecular flexibility index (Phi) is 5.21. The highest BCUT2D eigenvalue weighted by molar-refractivity contribution is 7.92. The molecule has 0 aliphatic heterocycles. The van der Waals surface area contributed by atoms with E-state index in [1.807, 2.05) is 6.92 Å². The Labute approximate surface area is 80.4 Å².